The van der Waals surface area contributed by atoms with Crippen molar-refractivity contribution >= 4 is 52.2 Å². The molecule has 1 aliphatic heterocycles. The molecule has 1 atom stereocenters. The number of aromatic nitrogens is 1. The van der Waals surface area contributed by atoms with Gasteiger partial charge in [0.2, 0.25) is 11.8 Å². The zero-order valence-corrected chi connectivity index (χ0v) is 19.1. The summed E-state index contributed by atoms with van der Waals surface area (Å²) in [6.07, 6.45) is 0.147. The number of nitrogens with zero attached hydrogens (tertiary/aromatic N) is 2. The van der Waals surface area contributed by atoms with Crippen molar-refractivity contribution in [2.75, 3.05) is 24.1 Å². The Labute approximate surface area is 193 Å². The molecule has 1 aliphatic rings. The number of thiazole rings is 1. The van der Waals surface area contributed by atoms with E-state index in [4.69, 9.17) is 16.3 Å². The predicted molar refractivity (Wildman–Crippen MR) is 126 cm³/mol. The number of halogens is 1. The van der Waals surface area contributed by atoms with Crippen molar-refractivity contribution in [1.82, 2.24) is 9.88 Å². The summed E-state index contributed by atoms with van der Waals surface area (Å²) in [6, 6.07) is 14.1. The van der Waals surface area contributed by atoms with Gasteiger partial charge in [0, 0.05) is 22.4 Å². The summed E-state index contributed by atoms with van der Waals surface area (Å²) in [4.78, 5) is 31.9. The lowest BCUT2D eigenvalue weighted by molar-refractivity contribution is -0.135. The zero-order chi connectivity index (χ0) is 21.8. The van der Waals surface area contributed by atoms with Gasteiger partial charge in [-0.2, -0.15) is 0 Å². The number of rotatable bonds is 6. The van der Waals surface area contributed by atoms with Crippen molar-refractivity contribution in [1.29, 1.82) is 0 Å². The fourth-order valence-electron chi connectivity index (χ4n) is 3.21. The topological polar surface area (TPSA) is 71.5 Å². The van der Waals surface area contributed by atoms with Crippen LogP contribution in [0.2, 0.25) is 5.02 Å². The number of nitrogens with one attached hydrogen (secondary N) is 1. The molecule has 1 aromatic heterocycles. The number of amides is 2. The van der Waals surface area contributed by atoms with Crippen molar-refractivity contribution < 1.29 is 14.3 Å². The largest absolute Gasteiger partial charge is 0.497 e. The van der Waals surface area contributed by atoms with Crippen LogP contribution in [0.3, 0.4) is 0 Å². The lowest BCUT2D eigenvalue weighted by Crippen LogP contribution is -2.45. The van der Waals surface area contributed by atoms with Crippen LogP contribution in [-0.4, -0.2) is 46.5 Å². The standard InChI is InChI=1S/C22H20ClN3O3S2/c1-29-16-8-6-14(7-9-16)24-21(28)19-12-30-13-26(19)20(27)10-15-11-31-22(25-15)17-4-2-3-5-18(17)23/h2-9,11,19H,10,12-13H2,1H3,(H,24,28). The molecule has 2 heterocycles. The Morgan fingerprint density at radius 2 is 2.00 bits per heavy atom. The Kier molecular flexibility index (Phi) is 6.80. The third kappa shape index (κ3) is 5.03. The van der Waals surface area contributed by atoms with E-state index in [2.05, 4.69) is 10.3 Å². The van der Waals surface area contributed by atoms with Crippen LogP contribution < -0.4 is 10.1 Å². The van der Waals surface area contributed by atoms with E-state index in [1.165, 1.54) is 11.3 Å². The Hall–Kier alpha value is -2.55. The first-order chi connectivity index (χ1) is 15.0. The van der Waals surface area contributed by atoms with Gasteiger partial charge in [0.05, 0.1) is 30.1 Å². The number of thioether (sulfide) groups is 1. The fraction of sp³-hybridized carbons (Fsp3) is 0.227. The van der Waals surface area contributed by atoms with E-state index in [9.17, 15) is 9.59 Å². The second-order valence-corrected chi connectivity index (χ2v) is 9.16. The molecule has 2 aromatic carbocycles. The van der Waals surface area contributed by atoms with E-state index in [0.717, 1.165) is 10.6 Å². The van der Waals surface area contributed by atoms with Crippen LogP contribution in [0, 0.1) is 0 Å². The zero-order valence-electron chi connectivity index (χ0n) is 16.7. The van der Waals surface area contributed by atoms with Gasteiger partial charge in [-0.05, 0) is 30.3 Å². The van der Waals surface area contributed by atoms with Gasteiger partial charge in [0.25, 0.3) is 0 Å². The number of ether oxygens (including phenoxy) is 1. The Morgan fingerprint density at radius 1 is 1.23 bits per heavy atom. The van der Waals surface area contributed by atoms with E-state index in [1.54, 1.807) is 48.0 Å². The molecule has 2 amide bonds. The van der Waals surface area contributed by atoms with Crippen molar-refractivity contribution in [3.63, 3.8) is 0 Å². The second-order valence-electron chi connectivity index (χ2n) is 6.90. The minimum Gasteiger partial charge on any atom is -0.497 e. The summed E-state index contributed by atoms with van der Waals surface area (Å²) in [6.45, 7) is 0. The number of anilines is 1. The summed E-state index contributed by atoms with van der Waals surface area (Å²) in [5.41, 5.74) is 2.19. The number of carbonyl (C=O) groups is 2. The van der Waals surface area contributed by atoms with E-state index in [-0.39, 0.29) is 18.2 Å². The van der Waals surface area contributed by atoms with Gasteiger partial charge in [-0.3, -0.25) is 9.59 Å². The minimum absolute atomic E-state index is 0.115. The molecular weight excluding hydrogens is 454 g/mol. The van der Waals surface area contributed by atoms with Crippen LogP contribution in [0.15, 0.2) is 53.9 Å². The van der Waals surface area contributed by atoms with Gasteiger partial charge in [0.1, 0.15) is 16.8 Å². The monoisotopic (exact) mass is 473 g/mol. The average molecular weight is 474 g/mol. The van der Waals surface area contributed by atoms with Crippen molar-refractivity contribution in [2.24, 2.45) is 0 Å². The van der Waals surface area contributed by atoms with Crippen molar-refractivity contribution in [3.8, 4) is 16.3 Å². The Morgan fingerprint density at radius 3 is 2.74 bits per heavy atom. The molecule has 0 radical (unpaired) electrons. The molecule has 0 aliphatic carbocycles. The highest BCUT2D eigenvalue weighted by Crippen LogP contribution is 2.31. The molecule has 9 heteroatoms. The van der Waals surface area contributed by atoms with Crippen molar-refractivity contribution in [3.05, 3.63) is 64.6 Å². The molecule has 0 bridgehead atoms. The minimum atomic E-state index is -0.513. The highest BCUT2D eigenvalue weighted by molar-refractivity contribution is 7.99. The van der Waals surface area contributed by atoms with Gasteiger partial charge >= 0.3 is 0 Å². The van der Waals surface area contributed by atoms with E-state index in [1.807, 2.05) is 29.6 Å². The summed E-state index contributed by atoms with van der Waals surface area (Å²) in [5, 5.41) is 6.15. The maximum Gasteiger partial charge on any atom is 0.248 e. The molecule has 0 spiro atoms. The smallest absolute Gasteiger partial charge is 0.248 e. The highest BCUT2D eigenvalue weighted by atomic mass is 35.5. The van der Waals surface area contributed by atoms with E-state index < -0.39 is 6.04 Å². The predicted octanol–water partition coefficient (Wildman–Crippen LogP) is 4.55. The molecule has 1 unspecified atom stereocenters. The number of hydrogen-bond acceptors (Lipinski definition) is 6. The first kappa shape index (κ1) is 21.7. The fourth-order valence-corrected chi connectivity index (χ4v) is 5.53. The summed E-state index contributed by atoms with van der Waals surface area (Å²) in [5.74, 6) is 1.46. The number of carbonyl (C=O) groups excluding carboxylic acids is 2. The average Bonchev–Trinajstić information content (AvgIpc) is 3.44. The van der Waals surface area contributed by atoms with Crippen LogP contribution in [0.1, 0.15) is 5.69 Å². The van der Waals surface area contributed by atoms with Gasteiger partial charge in [-0.25, -0.2) is 4.98 Å². The lowest BCUT2D eigenvalue weighted by Gasteiger charge is -2.23. The third-order valence-corrected chi connectivity index (χ3v) is 7.12. The summed E-state index contributed by atoms with van der Waals surface area (Å²) in [7, 11) is 1.59. The first-order valence-electron chi connectivity index (χ1n) is 9.56. The number of methoxy groups -OCH3 is 1. The number of benzene rings is 2. The lowest BCUT2D eigenvalue weighted by atomic mass is 10.2. The second kappa shape index (κ2) is 9.72. The van der Waals surface area contributed by atoms with Crippen molar-refractivity contribution in [2.45, 2.75) is 12.5 Å². The molecule has 6 nitrogen and oxygen atoms in total. The van der Waals surface area contributed by atoms with Crippen LogP contribution in [-0.2, 0) is 16.0 Å². The third-order valence-electron chi connectivity index (χ3n) is 4.85. The maximum absolute atomic E-state index is 12.9. The Balaban J connectivity index is 1.41. The summed E-state index contributed by atoms with van der Waals surface area (Å²) >= 11 is 9.27. The maximum atomic E-state index is 12.9. The SMILES string of the molecule is COc1ccc(NC(=O)C2CSCN2C(=O)Cc2csc(-c3ccccc3Cl)n2)cc1. The molecular formula is C22H20ClN3O3S2. The van der Waals surface area contributed by atoms with Crippen LogP contribution >= 0.6 is 34.7 Å². The van der Waals surface area contributed by atoms with Gasteiger partial charge in [-0.1, -0.05) is 29.8 Å². The van der Waals surface area contributed by atoms with E-state index >= 15 is 0 Å². The Bertz CT molecular complexity index is 1090. The molecule has 1 fully saturated rings. The molecule has 0 saturated carbocycles. The van der Waals surface area contributed by atoms with Gasteiger partial charge in [0.15, 0.2) is 0 Å². The molecule has 1 N–H and O–H groups in total. The normalized spacial score (nSPS) is 15.7. The molecule has 4 rings (SSSR count). The van der Waals surface area contributed by atoms with E-state index in [0.29, 0.717) is 33.8 Å². The molecule has 1 saturated heterocycles. The highest BCUT2D eigenvalue weighted by Gasteiger charge is 2.34. The van der Waals surface area contributed by atoms with Gasteiger partial charge < -0.3 is 15.0 Å². The molecule has 3 aromatic rings. The molecule has 160 valence electrons. The quantitative estimate of drug-likeness (QED) is 0.568. The number of hydrogen-bond donors (Lipinski definition) is 1. The van der Waals surface area contributed by atoms with Crippen LogP contribution in [0.4, 0.5) is 5.69 Å². The first-order valence-corrected chi connectivity index (χ1v) is 12.0. The molecule has 31 heavy (non-hydrogen) atoms. The summed E-state index contributed by atoms with van der Waals surface area (Å²) < 4.78 is 5.13. The van der Waals surface area contributed by atoms with Crippen LogP contribution in [0.25, 0.3) is 10.6 Å². The van der Waals surface area contributed by atoms with Crippen LogP contribution in [0.5, 0.6) is 5.75 Å². The van der Waals surface area contributed by atoms with Gasteiger partial charge in [-0.15, -0.1) is 23.1 Å².